The molecule has 4 rings (SSSR count). The molecular formula is C24H24N4O3. The van der Waals surface area contributed by atoms with Crippen LogP contribution >= 0.6 is 0 Å². The van der Waals surface area contributed by atoms with Gasteiger partial charge in [-0.05, 0) is 49.7 Å². The highest BCUT2D eigenvalue weighted by molar-refractivity contribution is 5.94. The molecule has 3 aromatic heterocycles. The van der Waals surface area contributed by atoms with E-state index in [2.05, 4.69) is 15.3 Å². The van der Waals surface area contributed by atoms with E-state index in [9.17, 15) is 4.79 Å². The van der Waals surface area contributed by atoms with Crippen molar-refractivity contribution in [2.45, 2.75) is 27.0 Å². The molecule has 1 amide bonds. The highest BCUT2D eigenvalue weighted by Gasteiger charge is 2.10. The zero-order valence-corrected chi connectivity index (χ0v) is 17.5. The lowest BCUT2D eigenvalue weighted by atomic mass is 10.2. The van der Waals surface area contributed by atoms with Crippen LogP contribution in [0.3, 0.4) is 0 Å². The van der Waals surface area contributed by atoms with Gasteiger partial charge in [0.25, 0.3) is 5.91 Å². The molecule has 0 fully saturated rings. The summed E-state index contributed by atoms with van der Waals surface area (Å²) in [6, 6.07) is 14.8. The van der Waals surface area contributed by atoms with Crippen molar-refractivity contribution in [2.24, 2.45) is 0 Å². The lowest BCUT2D eigenvalue weighted by Crippen LogP contribution is -2.23. The molecule has 158 valence electrons. The number of ether oxygens (including phenoxy) is 2. The molecule has 7 nitrogen and oxygen atoms in total. The summed E-state index contributed by atoms with van der Waals surface area (Å²) in [5.41, 5.74) is 4.20. The summed E-state index contributed by atoms with van der Waals surface area (Å²) in [5, 5.41) is 2.91. The average molecular weight is 416 g/mol. The number of aromatic nitrogens is 3. The van der Waals surface area contributed by atoms with Gasteiger partial charge in [-0.25, -0.2) is 9.97 Å². The van der Waals surface area contributed by atoms with Crippen molar-refractivity contribution >= 4 is 11.6 Å². The van der Waals surface area contributed by atoms with Gasteiger partial charge >= 0.3 is 0 Å². The number of rotatable bonds is 8. The standard InChI is InChI=1S/C24H24N4O3/c1-3-30-24-19(7-5-11-25-24)13-26-23(29)18-6-4-8-21(12-18)31-16-20-15-28-14-17(2)9-10-22(28)27-20/h4-12,14-15H,3,13,16H2,1-2H3,(H,26,29). The van der Waals surface area contributed by atoms with Gasteiger partial charge in [0.15, 0.2) is 0 Å². The number of nitrogens with zero attached hydrogens (tertiary/aromatic N) is 3. The van der Waals surface area contributed by atoms with Crippen molar-refractivity contribution in [1.29, 1.82) is 0 Å². The summed E-state index contributed by atoms with van der Waals surface area (Å²) < 4.78 is 13.4. The molecule has 0 radical (unpaired) electrons. The Morgan fingerprint density at radius 2 is 2.00 bits per heavy atom. The van der Waals surface area contributed by atoms with Crippen LogP contribution in [0.25, 0.3) is 5.65 Å². The second kappa shape index (κ2) is 9.30. The Morgan fingerprint density at radius 3 is 2.87 bits per heavy atom. The molecule has 4 aromatic rings. The van der Waals surface area contributed by atoms with Crippen LogP contribution < -0.4 is 14.8 Å². The molecular weight excluding hydrogens is 392 g/mol. The van der Waals surface area contributed by atoms with Crippen molar-refractivity contribution in [3.05, 3.63) is 89.5 Å². The fraction of sp³-hybridized carbons (Fsp3) is 0.208. The lowest BCUT2D eigenvalue weighted by molar-refractivity contribution is 0.0950. The van der Waals surface area contributed by atoms with Crippen molar-refractivity contribution in [3.8, 4) is 11.6 Å². The highest BCUT2D eigenvalue weighted by Crippen LogP contribution is 2.17. The number of imidazole rings is 1. The fourth-order valence-corrected chi connectivity index (χ4v) is 3.21. The number of benzene rings is 1. The molecule has 31 heavy (non-hydrogen) atoms. The van der Waals surface area contributed by atoms with Crippen LogP contribution in [0.4, 0.5) is 0 Å². The van der Waals surface area contributed by atoms with E-state index in [0.29, 0.717) is 37.0 Å². The summed E-state index contributed by atoms with van der Waals surface area (Å²) in [6.07, 6.45) is 5.64. The lowest BCUT2D eigenvalue weighted by Gasteiger charge is -2.10. The minimum atomic E-state index is -0.194. The van der Waals surface area contributed by atoms with Gasteiger partial charge in [0, 0.05) is 36.3 Å². The molecule has 0 unspecified atom stereocenters. The van der Waals surface area contributed by atoms with Crippen molar-refractivity contribution in [2.75, 3.05) is 6.61 Å². The molecule has 0 spiro atoms. The van der Waals surface area contributed by atoms with E-state index in [1.165, 1.54) is 0 Å². The van der Waals surface area contributed by atoms with Crippen molar-refractivity contribution < 1.29 is 14.3 Å². The number of hydrogen-bond donors (Lipinski definition) is 1. The second-order valence-corrected chi connectivity index (χ2v) is 7.10. The van der Waals surface area contributed by atoms with Crippen molar-refractivity contribution in [1.82, 2.24) is 19.7 Å². The number of pyridine rings is 2. The van der Waals surface area contributed by atoms with Gasteiger partial charge in [0.1, 0.15) is 18.0 Å². The number of carbonyl (C=O) groups excluding carboxylic acids is 1. The van der Waals surface area contributed by atoms with Gasteiger partial charge in [0.05, 0.1) is 12.3 Å². The molecule has 0 aliphatic heterocycles. The Kier molecular flexibility index (Phi) is 6.12. The SMILES string of the molecule is CCOc1ncccc1CNC(=O)c1cccc(OCc2cn3cc(C)ccc3n2)c1. The van der Waals surface area contributed by atoms with Crippen LogP contribution in [0, 0.1) is 6.92 Å². The first-order valence-electron chi connectivity index (χ1n) is 10.1. The molecule has 0 atom stereocenters. The molecule has 0 saturated heterocycles. The summed E-state index contributed by atoms with van der Waals surface area (Å²) in [6.45, 7) is 5.10. The van der Waals surface area contributed by atoms with E-state index >= 15 is 0 Å². The van der Waals surface area contributed by atoms with Gasteiger partial charge in [-0.15, -0.1) is 0 Å². The molecule has 1 N–H and O–H groups in total. The maximum atomic E-state index is 12.6. The first kappa shape index (κ1) is 20.4. The Balaban J connectivity index is 1.38. The third kappa shape index (κ3) is 5.01. The van der Waals surface area contributed by atoms with E-state index in [0.717, 1.165) is 22.5 Å². The van der Waals surface area contributed by atoms with Gasteiger partial charge in [-0.2, -0.15) is 0 Å². The van der Waals surface area contributed by atoms with Crippen LogP contribution in [0.2, 0.25) is 0 Å². The number of aryl methyl sites for hydroxylation is 1. The quantitative estimate of drug-likeness (QED) is 0.471. The monoisotopic (exact) mass is 416 g/mol. The molecule has 0 aliphatic carbocycles. The minimum absolute atomic E-state index is 0.194. The van der Waals surface area contributed by atoms with E-state index in [1.54, 1.807) is 24.4 Å². The smallest absolute Gasteiger partial charge is 0.251 e. The van der Waals surface area contributed by atoms with Gasteiger partial charge in [0.2, 0.25) is 5.88 Å². The molecule has 0 aliphatic rings. The van der Waals surface area contributed by atoms with Crippen LogP contribution in [0.1, 0.15) is 34.1 Å². The number of nitrogens with one attached hydrogen (secondary N) is 1. The Labute approximate surface area is 180 Å². The normalized spacial score (nSPS) is 10.8. The minimum Gasteiger partial charge on any atom is -0.487 e. The van der Waals surface area contributed by atoms with E-state index < -0.39 is 0 Å². The summed E-state index contributed by atoms with van der Waals surface area (Å²) in [5.74, 6) is 0.947. The average Bonchev–Trinajstić information content (AvgIpc) is 3.19. The molecule has 3 heterocycles. The fourth-order valence-electron chi connectivity index (χ4n) is 3.21. The van der Waals surface area contributed by atoms with Crippen LogP contribution in [0.5, 0.6) is 11.6 Å². The van der Waals surface area contributed by atoms with E-state index in [4.69, 9.17) is 9.47 Å². The predicted octanol–water partition coefficient (Wildman–Crippen LogP) is 3.95. The van der Waals surface area contributed by atoms with Gasteiger partial charge in [-0.3, -0.25) is 4.79 Å². The predicted molar refractivity (Wildman–Crippen MR) is 117 cm³/mol. The zero-order chi connectivity index (χ0) is 21.6. The van der Waals surface area contributed by atoms with Gasteiger partial charge < -0.3 is 19.2 Å². The third-order valence-electron chi connectivity index (χ3n) is 4.70. The second-order valence-electron chi connectivity index (χ2n) is 7.10. The Morgan fingerprint density at radius 1 is 1.10 bits per heavy atom. The summed E-state index contributed by atoms with van der Waals surface area (Å²) in [7, 11) is 0. The van der Waals surface area contributed by atoms with Crippen LogP contribution in [-0.4, -0.2) is 26.9 Å². The first-order chi connectivity index (χ1) is 15.1. The van der Waals surface area contributed by atoms with E-state index in [-0.39, 0.29) is 5.91 Å². The van der Waals surface area contributed by atoms with E-state index in [1.807, 2.05) is 61.0 Å². The maximum absolute atomic E-state index is 12.6. The largest absolute Gasteiger partial charge is 0.487 e. The Bertz CT molecular complexity index is 1200. The summed E-state index contributed by atoms with van der Waals surface area (Å²) >= 11 is 0. The number of hydrogen-bond acceptors (Lipinski definition) is 5. The third-order valence-corrected chi connectivity index (χ3v) is 4.70. The molecule has 0 bridgehead atoms. The number of amides is 1. The molecule has 0 saturated carbocycles. The van der Waals surface area contributed by atoms with Crippen molar-refractivity contribution in [3.63, 3.8) is 0 Å². The van der Waals surface area contributed by atoms with Gasteiger partial charge in [-0.1, -0.05) is 18.2 Å². The molecule has 1 aromatic carbocycles. The topological polar surface area (TPSA) is 77.8 Å². The maximum Gasteiger partial charge on any atom is 0.251 e. The number of carbonyl (C=O) groups is 1. The van der Waals surface area contributed by atoms with Crippen LogP contribution in [0.15, 0.2) is 67.1 Å². The van der Waals surface area contributed by atoms with Crippen LogP contribution in [-0.2, 0) is 13.2 Å². The molecule has 7 heteroatoms. The highest BCUT2D eigenvalue weighted by atomic mass is 16.5. The summed E-state index contributed by atoms with van der Waals surface area (Å²) in [4.78, 5) is 21.4. The Hall–Kier alpha value is -3.87. The number of fused-ring (bicyclic) bond motifs is 1. The zero-order valence-electron chi connectivity index (χ0n) is 17.5. The first-order valence-corrected chi connectivity index (χ1v) is 10.1.